The van der Waals surface area contributed by atoms with Crippen LogP contribution in [0.2, 0.25) is 0 Å². The van der Waals surface area contributed by atoms with Crippen LogP contribution in [0.4, 0.5) is 0 Å². The molecule has 0 amide bonds. The molecular weight excluding hydrogens is 244 g/mol. The minimum atomic E-state index is -3.53. The summed E-state index contributed by atoms with van der Waals surface area (Å²) in [4.78, 5) is 13.3. The average molecular weight is 260 g/mol. The number of rotatable bonds is 6. The standard InChI is InChI=1S/C10H16N2O4S/c1-12(6-3-7-16-2)17(14,15)9-4-5-10(13)11-8-9/h4-5,8H,3,6-7H2,1-2H3,(H,11,13). The molecule has 96 valence electrons. The van der Waals surface area contributed by atoms with Crippen molar-refractivity contribution < 1.29 is 13.2 Å². The molecule has 0 aliphatic heterocycles. The van der Waals surface area contributed by atoms with Gasteiger partial charge < -0.3 is 9.72 Å². The zero-order chi connectivity index (χ0) is 12.9. The van der Waals surface area contributed by atoms with Crippen molar-refractivity contribution in [3.63, 3.8) is 0 Å². The second-order valence-electron chi connectivity index (χ2n) is 3.56. The van der Waals surface area contributed by atoms with Gasteiger partial charge in [-0.05, 0) is 12.5 Å². The lowest BCUT2D eigenvalue weighted by molar-refractivity contribution is 0.189. The largest absolute Gasteiger partial charge is 0.385 e. The summed E-state index contributed by atoms with van der Waals surface area (Å²) in [5.41, 5.74) is -0.328. The van der Waals surface area contributed by atoms with E-state index in [1.165, 1.54) is 29.7 Å². The van der Waals surface area contributed by atoms with Crippen molar-refractivity contribution >= 4 is 10.0 Å². The van der Waals surface area contributed by atoms with Crippen LogP contribution in [0, 0.1) is 0 Å². The molecule has 0 bridgehead atoms. The summed E-state index contributed by atoms with van der Waals surface area (Å²) in [6.07, 6.45) is 1.82. The third-order valence-electron chi connectivity index (χ3n) is 2.29. The van der Waals surface area contributed by atoms with Crippen molar-refractivity contribution in [2.45, 2.75) is 11.3 Å². The third-order valence-corrected chi connectivity index (χ3v) is 4.14. The molecular formula is C10H16N2O4S. The van der Waals surface area contributed by atoms with Crippen molar-refractivity contribution in [2.24, 2.45) is 0 Å². The Morgan fingerprint density at radius 1 is 1.41 bits per heavy atom. The van der Waals surface area contributed by atoms with E-state index in [-0.39, 0.29) is 10.5 Å². The van der Waals surface area contributed by atoms with E-state index in [2.05, 4.69) is 4.98 Å². The van der Waals surface area contributed by atoms with E-state index < -0.39 is 10.0 Å². The lowest BCUT2D eigenvalue weighted by Crippen LogP contribution is -2.29. The molecule has 17 heavy (non-hydrogen) atoms. The maximum atomic E-state index is 12.0. The Bertz CT molecular complexity index is 489. The molecule has 0 aliphatic carbocycles. The predicted molar refractivity (Wildman–Crippen MR) is 63.4 cm³/mol. The van der Waals surface area contributed by atoms with Crippen LogP contribution < -0.4 is 5.56 Å². The fourth-order valence-electron chi connectivity index (χ4n) is 1.29. The summed E-state index contributed by atoms with van der Waals surface area (Å²) >= 11 is 0. The Morgan fingerprint density at radius 3 is 2.65 bits per heavy atom. The van der Waals surface area contributed by atoms with Gasteiger partial charge in [0, 0.05) is 39.6 Å². The molecule has 0 aromatic carbocycles. The first-order chi connectivity index (χ1) is 7.98. The van der Waals surface area contributed by atoms with Gasteiger partial charge in [0.25, 0.3) is 0 Å². The smallest absolute Gasteiger partial charge is 0.247 e. The number of pyridine rings is 1. The predicted octanol–water partition coefficient (Wildman–Crippen LogP) is 0.0319. The van der Waals surface area contributed by atoms with Gasteiger partial charge in [0.05, 0.1) is 4.90 Å². The van der Waals surface area contributed by atoms with Crippen molar-refractivity contribution in [3.05, 3.63) is 28.7 Å². The molecule has 1 rings (SSSR count). The van der Waals surface area contributed by atoms with Crippen LogP contribution in [0.5, 0.6) is 0 Å². The number of aromatic amines is 1. The summed E-state index contributed by atoms with van der Waals surface area (Å²) in [6.45, 7) is 0.876. The van der Waals surface area contributed by atoms with Gasteiger partial charge >= 0.3 is 0 Å². The molecule has 0 unspecified atom stereocenters. The lowest BCUT2D eigenvalue weighted by atomic mass is 10.5. The Labute approximate surface area is 100 Å². The van der Waals surface area contributed by atoms with Gasteiger partial charge in [0.15, 0.2) is 0 Å². The van der Waals surface area contributed by atoms with Crippen LogP contribution >= 0.6 is 0 Å². The first kappa shape index (κ1) is 13.9. The van der Waals surface area contributed by atoms with Crippen LogP contribution in [0.15, 0.2) is 28.0 Å². The minimum Gasteiger partial charge on any atom is -0.385 e. The van der Waals surface area contributed by atoms with Crippen molar-refractivity contribution in [1.82, 2.24) is 9.29 Å². The van der Waals surface area contributed by atoms with Crippen molar-refractivity contribution in [1.29, 1.82) is 0 Å². The molecule has 1 heterocycles. The van der Waals surface area contributed by atoms with E-state index in [0.717, 1.165) is 0 Å². The molecule has 0 saturated heterocycles. The van der Waals surface area contributed by atoms with Gasteiger partial charge in [0.2, 0.25) is 15.6 Å². The zero-order valence-electron chi connectivity index (χ0n) is 9.84. The summed E-state index contributed by atoms with van der Waals surface area (Å²) in [5, 5.41) is 0. The second kappa shape index (κ2) is 5.95. The average Bonchev–Trinajstić information content (AvgIpc) is 2.29. The van der Waals surface area contributed by atoms with Gasteiger partial charge in [-0.2, -0.15) is 0 Å². The molecule has 1 N–H and O–H groups in total. The van der Waals surface area contributed by atoms with Gasteiger partial charge in [-0.25, -0.2) is 12.7 Å². The van der Waals surface area contributed by atoms with E-state index >= 15 is 0 Å². The van der Waals surface area contributed by atoms with E-state index in [0.29, 0.717) is 19.6 Å². The second-order valence-corrected chi connectivity index (χ2v) is 5.61. The number of nitrogens with one attached hydrogen (secondary N) is 1. The molecule has 0 atom stereocenters. The monoisotopic (exact) mass is 260 g/mol. The molecule has 1 aromatic heterocycles. The quantitative estimate of drug-likeness (QED) is 0.732. The van der Waals surface area contributed by atoms with Crippen LogP contribution in [0.1, 0.15) is 6.42 Å². The van der Waals surface area contributed by atoms with E-state index in [1.807, 2.05) is 0 Å². The number of methoxy groups -OCH3 is 1. The zero-order valence-corrected chi connectivity index (χ0v) is 10.7. The molecule has 7 heteroatoms. The number of nitrogens with zero attached hydrogens (tertiary/aromatic N) is 1. The number of sulfonamides is 1. The molecule has 1 aromatic rings. The van der Waals surface area contributed by atoms with Crippen LogP contribution in [0.3, 0.4) is 0 Å². The third kappa shape index (κ3) is 3.65. The van der Waals surface area contributed by atoms with Crippen molar-refractivity contribution in [3.8, 4) is 0 Å². The lowest BCUT2D eigenvalue weighted by Gasteiger charge is -2.16. The highest BCUT2D eigenvalue weighted by Crippen LogP contribution is 2.11. The van der Waals surface area contributed by atoms with E-state index in [9.17, 15) is 13.2 Å². The molecule has 0 aliphatic rings. The van der Waals surface area contributed by atoms with Crippen LogP contribution in [0.25, 0.3) is 0 Å². The van der Waals surface area contributed by atoms with Crippen molar-refractivity contribution in [2.75, 3.05) is 27.3 Å². The fourth-order valence-corrected chi connectivity index (χ4v) is 2.47. The van der Waals surface area contributed by atoms with Crippen LogP contribution in [-0.4, -0.2) is 45.0 Å². The van der Waals surface area contributed by atoms with Gasteiger partial charge in [-0.15, -0.1) is 0 Å². The molecule has 0 fully saturated rings. The minimum absolute atomic E-state index is 0.0806. The fraction of sp³-hybridized carbons (Fsp3) is 0.500. The first-order valence-electron chi connectivity index (χ1n) is 5.12. The maximum absolute atomic E-state index is 12.0. The summed E-state index contributed by atoms with van der Waals surface area (Å²) in [6, 6.07) is 2.48. The Balaban J connectivity index is 2.80. The molecule has 0 radical (unpaired) electrons. The Kier molecular flexibility index (Phi) is 4.86. The number of hydrogen-bond acceptors (Lipinski definition) is 4. The summed E-state index contributed by atoms with van der Waals surface area (Å²) < 4.78 is 30.1. The van der Waals surface area contributed by atoms with Gasteiger partial charge in [-0.3, -0.25) is 4.79 Å². The molecule has 0 saturated carbocycles. The summed E-state index contributed by atoms with van der Waals surface area (Å²) in [5.74, 6) is 0. The van der Waals surface area contributed by atoms with Gasteiger partial charge in [0.1, 0.15) is 0 Å². The van der Waals surface area contributed by atoms with E-state index in [1.54, 1.807) is 7.11 Å². The normalized spacial score (nSPS) is 11.9. The Morgan fingerprint density at radius 2 is 2.12 bits per heavy atom. The van der Waals surface area contributed by atoms with Crippen LogP contribution in [-0.2, 0) is 14.8 Å². The Hall–Kier alpha value is -1.18. The number of hydrogen-bond donors (Lipinski definition) is 1. The topological polar surface area (TPSA) is 79.5 Å². The number of ether oxygens (including phenoxy) is 1. The highest BCUT2D eigenvalue weighted by molar-refractivity contribution is 7.89. The van der Waals surface area contributed by atoms with E-state index in [4.69, 9.17) is 4.74 Å². The maximum Gasteiger partial charge on any atom is 0.247 e. The first-order valence-corrected chi connectivity index (χ1v) is 6.56. The molecule has 6 nitrogen and oxygen atoms in total. The molecule has 0 spiro atoms. The highest BCUT2D eigenvalue weighted by atomic mass is 32.2. The highest BCUT2D eigenvalue weighted by Gasteiger charge is 2.20. The SMILES string of the molecule is COCCCN(C)S(=O)(=O)c1ccc(=O)[nH]c1. The van der Waals surface area contributed by atoms with Gasteiger partial charge in [-0.1, -0.05) is 0 Å². The number of H-pyrrole nitrogens is 1. The number of aromatic nitrogens is 1. The summed E-state index contributed by atoms with van der Waals surface area (Å²) in [7, 11) is -0.467.